The zero-order chi connectivity index (χ0) is 22.5. The van der Waals surface area contributed by atoms with Gasteiger partial charge in [0.25, 0.3) is 0 Å². The van der Waals surface area contributed by atoms with Gasteiger partial charge in [0.2, 0.25) is 0 Å². The number of carbonyl (C=O) groups excluding carboxylic acids is 1. The van der Waals surface area contributed by atoms with Gasteiger partial charge >= 0.3 is 0 Å². The first-order chi connectivity index (χ1) is 14.6. The number of pyridine rings is 1. The van der Waals surface area contributed by atoms with E-state index in [2.05, 4.69) is 31.0 Å². The first-order valence-electron chi connectivity index (χ1n) is 10.3. The number of allylic oxidation sites excluding steroid dienone is 3. The van der Waals surface area contributed by atoms with Gasteiger partial charge in [-0.3, -0.25) is 9.69 Å². The Morgan fingerprint density at radius 3 is 2.68 bits per heavy atom. The third-order valence-electron chi connectivity index (χ3n) is 6.11. The molecule has 1 aromatic heterocycles. The third-order valence-corrected chi connectivity index (χ3v) is 6.40. The number of carbonyl (C=O) groups is 1. The number of halogens is 1. The molecule has 1 atom stereocenters. The molecule has 0 bridgehead atoms. The zero-order valence-corrected chi connectivity index (χ0v) is 18.9. The second kappa shape index (κ2) is 7.55. The van der Waals surface area contributed by atoms with E-state index in [4.69, 9.17) is 17.3 Å². The van der Waals surface area contributed by atoms with E-state index in [9.17, 15) is 10.1 Å². The number of aryl methyl sites for hydroxylation is 2. The second-order valence-corrected chi connectivity index (χ2v) is 9.51. The normalized spacial score (nSPS) is 20.6. The second-order valence-electron chi connectivity index (χ2n) is 9.15. The van der Waals surface area contributed by atoms with Gasteiger partial charge in [-0.1, -0.05) is 49.2 Å². The molecule has 31 heavy (non-hydrogen) atoms. The molecule has 4 rings (SSSR count). The zero-order valence-electron chi connectivity index (χ0n) is 18.2. The van der Waals surface area contributed by atoms with Crippen LogP contribution in [0.2, 0.25) is 5.15 Å². The number of aromatic nitrogens is 1. The van der Waals surface area contributed by atoms with E-state index in [1.807, 2.05) is 32.0 Å². The van der Waals surface area contributed by atoms with Crippen molar-refractivity contribution in [1.29, 1.82) is 5.26 Å². The number of hydrogen-bond acceptors (Lipinski definition) is 5. The minimum atomic E-state index is -0.491. The summed E-state index contributed by atoms with van der Waals surface area (Å²) in [6.07, 6.45) is 2.66. The summed E-state index contributed by atoms with van der Waals surface area (Å²) in [5, 5.41) is 10.4. The van der Waals surface area contributed by atoms with Crippen molar-refractivity contribution in [3.63, 3.8) is 0 Å². The molecular weight excluding hydrogens is 408 g/mol. The van der Waals surface area contributed by atoms with Crippen molar-refractivity contribution >= 4 is 23.1 Å². The van der Waals surface area contributed by atoms with Crippen LogP contribution in [0.25, 0.3) is 0 Å². The Labute approximate surface area is 187 Å². The predicted molar refractivity (Wildman–Crippen MR) is 122 cm³/mol. The molecule has 0 fully saturated rings. The lowest BCUT2D eigenvalue weighted by atomic mass is 9.68. The van der Waals surface area contributed by atoms with Crippen molar-refractivity contribution in [2.45, 2.75) is 46.5 Å². The van der Waals surface area contributed by atoms with E-state index in [0.29, 0.717) is 35.5 Å². The molecule has 0 spiro atoms. The molecular formula is C25H25ClN4O. The highest BCUT2D eigenvalue weighted by atomic mass is 35.5. The number of ketones is 1. The molecule has 158 valence electrons. The monoisotopic (exact) mass is 432 g/mol. The number of nitrogens with zero attached hydrogens (tertiary/aromatic N) is 3. The van der Waals surface area contributed by atoms with Crippen LogP contribution in [0, 0.1) is 30.6 Å². The first-order valence-corrected chi connectivity index (χ1v) is 10.7. The van der Waals surface area contributed by atoms with E-state index in [1.54, 1.807) is 17.2 Å². The molecule has 1 aromatic carbocycles. The maximum absolute atomic E-state index is 13.5. The Morgan fingerprint density at radius 1 is 1.26 bits per heavy atom. The summed E-state index contributed by atoms with van der Waals surface area (Å²) in [6, 6.07) is 12.0. The highest BCUT2D eigenvalue weighted by Gasteiger charge is 2.45. The molecule has 2 N–H and O–H groups in total. The van der Waals surface area contributed by atoms with Crippen LogP contribution in [0.1, 0.15) is 49.3 Å². The van der Waals surface area contributed by atoms with Crippen LogP contribution in [0.3, 0.4) is 0 Å². The van der Waals surface area contributed by atoms with Crippen molar-refractivity contribution in [2.75, 3.05) is 4.90 Å². The van der Waals surface area contributed by atoms with Gasteiger partial charge in [0, 0.05) is 23.9 Å². The summed E-state index contributed by atoms with van der Waals surface area (Å²) in [7, 11) is 0. The molecule has 6 heteroatoms. The largest absolute Gasteiger partial charge is 0.384 e. The molecule has 0 amide bonds. The van der Waals surface area contributed by atoms with Crippen LogP contribution in [-0.2, 0) is 4.79 Å². The van der Waals surface area contributed by atoms with Crippen molar-refractivity contribution in [1.82, 2.24) is 4.98 Å². The Hall–Kier alpha value is -3.10. The van der Waals surface area contributed by atoms with Gasteiger partial charge in [0.1, 0.15) is 5.82 Å². The molecule has 5 nitrogen and oxygen atoms in total. The van der Waals surface area contributed by atoms with Crippen LogP contribution in [0.15, 0.2) is 59.2 Å². The lowest BCUT2D eigenvalue weighted by Crippen LogP contribution is -2.42. The number of nitriles is 1. The van der Waals surface area contributed by atoms with Crippen LogP contribution in [0.5, 0.6) is 0 Å². The smallest absolute Gasteiger partial charge is 0.162 e. The summed E-state index contributed by atoms with van der Waals surface area (Å²) in [5.74, 6) is -0.148. The average molecular weight is 433 g/mol. The molecule has 1 aliphatic heterocycles. The Balaban J connectivity index is 2.06. The van der Waals surface area contributed by atoms with Gasteiger partial charge in [-0.05, 0) is 48.9 Å². The summed E-state index contributed by atoms with van der Waals surface area (Å²) in [5.41, 5.74) is 11.8. The first kappa shape index (κ1) is 21.1. The maximum Gasteiger partial charge on any atom is 0.162 e. The summed E-state index contributed by atoms with van der Waals surface area (Å²) < 4.78 is 0. The van der Waals surface area contributed by atoms with Gasteiger partial charge in [0.15, 0.2) is 10.9 Å². The van der Waals surface area contributed by atoms with E-state index in [-0.39, 0.29) is 16.4 Å². The fourth-order valence-corrected chi connectivity index (χ4v) is 4.91. The maximum atomic E-state index is 13.5. The SMILES string of the molecule is Cc1ccc(C)c(C2C(C#N)=C(N)N(c3cccnc3Cl)C3=C2C(=O)CC(C)(C)C3)c1. The standard InChI is InChI=1S/C25H25ClN4O/c1-14-7-8-15(2)16(10-14)21-17(13-27)24(28)30(18-6-5-9-29-23(18)26)19-11-25(3,4)12-20(31)22(19)21/h5-10,21H,11-12,28H2,1-4H3. The third kappa shape index (κ3) is 3.51. The molecule has 2 aliphatic rings. The van der Waals surface area contributed by atoms with Gasteiger partial charge < -0.3 is 5.73 Å². The fourth-order valence-electron chi connectivity index (χ4n) is 4.71. The van der Waals surface area contributed by atoms with Crippen LogP contribution < -0.4 is 10.6 Å². The van der Waals surface area contributed by atoms with Crippen LogP contribution >= 0.6 is 11.6 Å². The average Bonchev–Trinajstić information content (AvgIpc) is 2.69. The summed E-state index contributed by atoms with van der Waals surface area (Å²) in [6.45, 7) is 8.16. The van der Waals surface area contributed by atoms with E-state index in [0.717, 1.165) is 22.4 Å². The van der Waals surface area contributed by atoms with Crippen LogP contribution in [-0.4, -0.2) is 10.8 Å². The molecule has 2 aromatic rings. The molecule has 1 aliphatic carbocycles. The van der Waals surface area contributed by atoms with Crippen LogP contribution in [0.4, 0.5) is 5.69 Å². The van der Waals surface area contributed by atoms with Crippen molar-refractivity contribution in [2.24, 2.45) is 11.1 Å². The Morgan fingerprint density at radius 2 is 2.00 bits per heavy atom. The lowest BCUT2D eigenvalue weighted by Gasteiger charge is -2.44. The highest BCUT2D eigenvalue weighted by Crippen LogP contribution is 2.51. The van der Waals surface area contributed by atoms with Crippen molar-refractivity contribution < 1.29 is 4.79 Å². The molecule has 1 unspecified atom stereocenters. The minimum absolute atomic E-state index is 0.0439. The molecule has 0 saturated carbocycles. The number of nitrogens with two attached hydrogens (primary N) is 1. The topological polar surface area (TPSA) is 83.0 Å². The highest BCUT2D eigenvalue weighted by molar-refractivity contribution is 6.32. The minimum Gasteiger partial charge on any atom is -0.384 e. The number of hydrogen-bond donors (Lipinski definition) is 1. The lowest BCUT2D eigenvalue weighted by molar-refractivity contribution is -0.118. The van der Waals surface area contributed by atoms with Gasteiger partial charge in [-0.2, -0.15) is 5.26 Å². The van der Waals surface area contributed by atoms with E-state index >= 15 is 0 Å². The molecule has 0 radical (unpaired) electrons. The Kier molecular flexibility index (Phi) is 5.15. The van der Waals surface area contributed by atoms with Gasteiger partial charge in [0.05, 0.1) is 23.2 Å². The van der Waals surface area contributed by atoms with Gasteiger partial charge in [-0.15, -0.1) is 0 Å². The number of Topliss-reactive ketones (excluding diaryl/α,β-unsaturated/α-hetero) is 1. The van der Waals surface area contributed by atoms with Gasteiger partial charge in [-0.25, -0.2) is 4.98 Å². The van der Waals surface area contributed by atoms with E-state index in [1.165, 1.54) is 0 Å². The predicted octanol–water partition coefficient (Wildman–Crippen LogP) is 5.29. The number of rotatable bonds is 2. The Bertz CT molecular complexity index is 1200. The van der Waals surface area contributed by atoms with Crippen molar-refractivity contribution in [3.05, 3.63) is 81.0 Å². The summed E-state index contributed by atoms with van der Waals surface area (Å²) in [4.78, 5) is 19.5. The van der Waals surface area contributed by atoms with Crippen molar-refractivity contribution in [3.8, 4) is 6.07 Å². The van der Waals surface area contributed by atoms with E-state index < -0.39 is 5.92 Å². The number of anilines is 1. The molecule has 2 heterocycles. The summed E-state index contributed by atoms with van der Waals surface area (Å²) >= 11 is 6.43. The molecule has 0 saturated heterocycles. The quantitative estimate of drug-likeness (QED) is 0.651. The number of benzene rings is 1. The fraction of sp³-hybridized carbons (Fsp3) is 0.320.